The van der Waals surface area contributed by atoms with Gasteiger partial charge in [-0.3, -0.25) is 4.79 Å². The van der Waals surface area contributed by atoms with E-state index in [1.165, 1.54) is 0 Å². The van der Waals surface area contributed by atoms with E-state index in [4.69, 9.17) is 15.2 Å². The van der Waals surface area contributed by atoms with Gasteiger partial charge in [-0.05, 0) is 37.1 Å². The fourth-order valence-corrected chi connectivity index (χ4v) is 2.69. The Hall–Kier alpha value is -2.48. The van der Waals surface area contributed by atoms with Crippen LogP contribution in [-0.4, -0.2) is 27.9 Å². The van der Waals surface area contributed by atoms with Crippen LogP contribution in [0.5, 0.6) is 11.5 Å². The molecule has 0 radical (unpaired) electrons. The second-order valence-electron chi connectivity index (χ2n) is 6.46. The van der Waals surface area contributed by atoms with Crippen molar-refractivity contribution >= 4 is 42.1 Å². The van der Waals surface area contributed by atoms with Gasteiger partial charge in [0.15, 0.2) is 11.5 Å². The van der Waals surface area contributed by atoms with E-state index in [2.05, 4.69) is 10.3 Å². The third-order valence-corrected chi connectivity index (χ3v) is 4.45. The number of nitrogens with two attached hydrogens (primary N) is 1. The summed E-state index contributed by atoms with van der Waals surface area (Å²) in [6.45, 7) is 0.288. The van der Waals surface area contributed by atoms with Gasteiger partial charge in [-0.1, -0.05) is 6.07 Å². The van der Waals surface area contributed by atoms with E-state index in [0.717, 1.165) is 11.3 Å². The molecular weight excluding hydrogens is 403 g/mol. The normalized spacial score (nSPS) is 13.8. The first-order chi connectivity index (χ1) is 12.6. The van der Waals surface area contributed by atoms with E-state index < -0.39 is 5.54 Å². The summed E-state index contributed by atoms with van der Waals surface area (Å²) < 4.78 is 13.2. The van der Waals surface area contributed by atoms with Gasteiger partial charge in [0.25, 0.3) is 0 Å². The zero-order valence-corrected chi connectivity index (χ0v) is 16.9. The highest BCUT2D eigenvalue weighted by atomic mass is 35.5. The van der Waals surface area contributed by atoms with Crippen LogP contribution >= 0.6 is 24.8 Å². The van der Waals surface area contributed by atoms with Crippen molar-refractivity contribution in [3.8, 4) is 11.5 Å². The van der Waals surface area contributed by atoms with Gasteiger partial charge in [0.1, 0.15) is 12.3 Å². The number of hydrogen-bond donors (Lipinski definition) is 2. The van der Waals surface area contributed by atoms with E-state index in [-0.39, 0.29) is 37.3 Å². The molecule has 1 aliphatic rings. The van der Waals surface area contributed by atoms with Gasteiger partial charge in [-0.15, -0.1) is 24.8 Å². The predicted octanol–water partition coefficient (Wildman–Crippen LogP) is 3.20. The lowest BCUT2D eigenvalue weighted by molar-refractivity contribution is -0.118. The van der Waals surface area contributed by atoms with Gasteiger partial charge in [-0.2, -0.15) is 0 Å². The lowest BCUT2D eigenvalue weighted by Gasteiger charge is -2.14. The molecule has 150 valence electrons. The Morgan fingerprint density at radius 1 is 1.25 bits per heavy atom. The van der Waals surface area contributed by atoms with Crippen LogP contribution < -0.4 is 20.5 Å². The number of carbonyl (C=O) groups excluding carboxylic acids is 1. The van der Waals surface area contributed by atoms with Crippen LogP contribution in [0.1, 0.15) is 18.5 Å². The summed E-state index contributed by atoms with van der Waals surface area (Å²) in [5.41, 5.74) is 7.48. The number of ether oxygens (including phenoxy) is 2. The quantitative estimate of drug-likeness (QED) is 0.633. The first kappa shape index (κ1) is 21.8. The third-order valence-electron chi connectivity index (χ3n) is 4.45. The fourth-order valence-electron chi connectivity index (χ4n) is 2.69. The van der Waals surface area contributed by atoms with Crippen molar-refractivity contribution in [2.45, 2.75) is 25.0 Å². The molecule has 2 heterocycles. The first-order valence-corrected chi connectivity index (χ1v) is 8.41. The Balaban J connectivity index is 0.00000140. The minimum atomic E-state index is -0.725. The van der Waals surface area contributed by atoms with Crippen molar-refractivity contribution < 1.29 is 14.3 Å². The maximum Gasteiger partial charge on any atom is 0.244 e. The molecule has 0 atom stereocenters. The number of nitrogens with one attached hydrogen (secondary N) is 1. The number of methoxy groups -OCH3 is 1. The van der Waals surface area contributed by atoms with Crippen LogP contribution in [0.25, 0.3) is 5.65 Å². The van der Waals surface area contributed by atoms with E-state index in [0.29, 0.717) is 30.0 Å². The zero-order chi connectivity index (χ0) is 18.1. The van der Waals surface area contributed by atoms with Crippen molar-refractivity contribution in [1.29, 1.82) is 0 Å². The van der Waals surface area contributed by atoms with Crippen LogP contribution in [0, 0.1) is 0 Å². The molecule has 1 saturated carbocycles. The Morgan fingerprint density at radius 2 is 2.04 bits per heavy atom. The van der Waals surface area contributed by atoms with E-state index in [9.17, 15) is 4.79 Å². The number of benzene rings is 1. The van der Waals surface area contributed by atoms with Crippen LogP contribution in [0.15, 0.2) is 48.8 Å². The topological polar surface area (TPSA) is 90.9 Å². The molecule has 4 rings (SSSR count). The van der Waals surface area contributed by atoms with E-state index in [1.807, 2.05) is 35.0 Å². The summed E-state index contributed by atoms with van der Waals surface area (Å²) in [4.78, 5) is 16.6. The van der Waals surface area contributed by atoms with E-state index >= 15 is 0 Å². The molecule has 3 N–H and O–H groups in total. The summed E-state index contributed by atoms with van der Waals surface area (Å²) in [7, 11) is 1.57. The molecule has 0 bridgehead atoms. The molecule has 2 aromatic heterocycles. The van der Waals surface area contributed by atoms with Crippen LogP contribution in [-0.2, 0) is 11.4 Å². The number of imidazole rings is 1. The number of pyridine rings is 1. The Kier molecular flexibility index (Phi) is 6.77. The fraction of sp³-hybridized carbons (Fsp3) is 0.263. The number of rotatable bonds is 6. The molecule has 7 nitrogen and oxygen atoms in total. The maximum absolute atomic E-state index is 12.1. The molecule has 9 heteroatoms. The first-order valence-electron chi connectivity index (χ1n) is 8.41. The second kappa shape index (κ2) is 8.68. The van der Waals surface area contributed by atoms with Crippen molar-refractivity contribution in [3.63, 3.8) is 0 Å². The number of hydrogen-bond acceptors (Lipinski definition) is 5. The van der Waals surface area contributed by atoms with Gasteiger partial charge in [-0.25, -0.2) is 4.98 Å². The lowest BCUT2D eigenvalue weighted by atomic mass is 10.2. The molecule has 1 amide bonds. The summed E-state index contributed by atoms with van der Waals surface area (Å²) in [5, 5.41) is 2.84. The molecule has 1 fully saturated rings. The highest BCUT2D eigenvalue weighted by Gasteiger charge is 2.45. The van der Waals surface area contributed by atoms with Gasteiger partial charge in [0.2, 0.25) is 5.91 Å². The lowest BCUT2D eigenvalue weighted by Crippen LogP contribution is -2.37. The molecule has 0 saturated heterocycles. The largest absolute Gasteiger partial charge is 0.493 e. The number of nitrogens with zero attached hydrogens (tertiary/aromatic N) is 2. The van der Waals surface area contributed by atoms with Gasteiger partial charge in [0, 0.05) is 24.1 Å². The molecule has 0 aliphatic heterocycles. The number of amides is 1. The molecule has 1 aromatic carbocycles. The highest BCUT2D eigenvalue weighted by Crippen LogP contribution is 2.35. The molecule has 28 heavy (non-hydrogen) atoms. The Labute approximate surface area is 175 Å². The standard InChI is InChI=1S/C19H20N4O3.2ClH/c1-25-15-6-5-13(22-18(24)19(20)7-8-19)10-16(15)26-12-14-11-23-9-3-2-4-17(23)21-14;;/h2-6,9-11H,7-8,12,20H2,1H3,(H,22,24);2*1H. The number of fused-ring (bicyclic) bond motifs is 1. The van der Waals surface area contributed by atoms with Crippen LogP contribution in [0.2, 0.25) is 0 Å². The second-order valence-corrected chi connectivity index (χ2v) is 6.46. The summed E-state index contributed by atoms with van der Waals surface area (Å²) >= 11 is 0. The van der Waals surface area contributed by atoms with Gasteiger partial charge < -0.3 is 24.9 Å². The van der Waals surface area contributed by atoms with Crippen molar-refractivity contribution in [2.75, 3.05) is 12.4 Å². The number of aromatic nitrogens is 2. The molecule has 0 unspecified atom stereocenters. The van der Waals surface area contributed by atoms with Crippen molar-refractivity contribution in [1.82, 2.24) is 9.38 Å². The number of carbonyl (C=O) groups is 1. The minimum absolute atomic E-state index is 0. The minimum Gasteiger partial charge on any atom is -0.493 e. The summed E-state index contributed by atoms with van der Waals surface area (Å²) in [6, 6.07) is 11.1. The smallest absolute Gasteiger partial charge is 0.244 e. The monoisotopic (exact) mass is 424 g/mol. The maximum atomic E-state index is 12.1. The molecule has 0 spiro atoms. The Bertz CT molecular complexity index is 940. The molecule has 3 aromatic rings. The van der Waals surface area contributed by atoms with Gasteiger partial charge in [0.05, 0.1) is 18.3 Å². The summed E-state index contributed by atoms with van der Waals surface area (Å²) in [5.74, 6) is 0.943. The van der Waals surface area contributed by atoms with Crippen LogP contribution in [0.4, 0.5) is 5.69 Å². The van der Waals surface area contributed by atoms with Crippen LogP contribution in [0.3, 0.4) is 0 Å². The number of halogens is 2. The van der Waals surface area contributed by atoms with Crippen molar-refractivity contribution in [2.24, 2.45) is 5.73 Å². The number of anilines is 1. The summed E-state index contributed by atoms with van der Waals surface area (Å²) in [6.07, 6.45) is 5.28. The highest BCUT2D eigenvalue weighted by molar-refractivity contribution is 6.00. The Morgan fingerprint density at radius 3 is 2.71 bits per heavy atom. The average Bonchev–Trinajstić information content (AvgIpc) is 3.27. The van der Waals surface area contributed by atoms with Gasteiger partial charge >= 0.3 is 0 Å². The predicted molar refractivity (Wildman–Crippen MR) is 112 cm³/mol. The average molecular weight is 425 g/mol. The molecule has 1 aliphatic carbocycles. The third kappa shape index (κ3) is 4.49. The van der Waals surface area contributed by atoms with E-state index in [1.54, 1.807) is 25.3 Å². The SMILES string of the molecule is COc1ccc(NC(=O)C2(N)CC2)cc1OCc1cn2ccccc2n1.Cl.Cl. The molecular formula is C19H22Cl2N4O3. The van der Waals surface area contributed by atoms with Crippen molar-refractivity contribution in [3.05, 3.63) is 54.5 Å². The zero-order valence-electron chi connectivity index (χ0n) is 15.3.